The highest BCUT2D eigenvalue weighted by Crippen LogP contribution is 2.41. The van der Waals surface area contributed by atoms with Gasteiger partial charge in [-0.3, -0.25) is 4.79 Å². The summed E-state index contributed by atoms with van der Waals surface area (Å²) in [5.74, 6) is -9.46. The van der Waals surface area contributed by atoms with Gasteiger partial charge in [-0.25, -0.2) is 17.6 Å². The van der Waals surface area contributed by atoms with Gasteiger partial charge < -0.3 is 4.74 Å². The highest BCUT2D eigenvalue weighted by Gasteiger charge is 2.44. The normalized spacial score (nSPS) is 16.3. The van der Waals surface area contributed by atoms with Gasteiger partial charge in [0.05, 0.1) is 13.0 Å². The summed E-state index contributed by atoms with van der Waals surface area (Å²) < 4.78 is 62.3. The Balaban J connectivity index is 2.20. The molecule has 0 fully saturated rings. The van der Waals surface area contributed by atoms with E-state index in [0.29, 0.717) is 12.8 Å². The first-order chi connectivity index (χ1) is 11.8. The van der Waals surface area contributed by atoms with E-state index in [1.165, 1.54) is 36.4 Å². The summed E-state index contributed by atoms with van der Waals surface area (Å²) in [7, 11) is 1.01. The Labute approximate surface area is 144 Å². The van der Waals surface area contributed by atoms with E-state index in [0.717, 1.165) is 7.11 Å². The Morgan fingerprint density at radius 2 is 1.72 bits per heavy atom. The fourth-order valence-electron chi connectivity index (χ4n) is 2.83. The molecule has 2 nitrogen and oxygen atoms in total. The van der Waals surface area contributed by atoms with Gasteiger partial charge in [0, 0.05) is 24.0 Å². The minimum absolute atomic E-state index is 0.240. The molecular weight excluding hydrogens is 336 g/mol. The van der Waals surface area contributed by atoms with Crippen LogP contribution in [0.2, 0.25) is 0 Å². The lowest BCUT2D eigenvalue weighted by Crippen LogP contribution is -2.32. The average molecular weight is 356 g/mol. The predicted molar refractivity (Wildman–Crippen MR) is 86.5 cm³/mol. The monoisotopic (exact) mass is 356 g/mol. The van der Waals surface area contributed by atoms with Gasteiger partial charge in [0.2, 0.25) is 0 Å². The number of carbonyl (C=O) groups excluding carboxylic acids is 1. The number of halogens is 4. The number of rotatable bonds is 7. The zero-order chi connectivity index (χ0) is 18.5. The van der Waals surface area contributed by atoms with Gasteiger partial charge in [0.25, 0.3) is 11.8 Å². The maximum absolute atomic E-state index is 14.5. The average Bonchev–Trinajstić information content (AvgIpc) is 2.61. The first-order valence-electron chi connectivity index (χ1n) is 8.02. The van der Waals surface area contributed by atoms with Gasteiger partial charge in [-0.2, -0.15) is 0 Å². The van der Waals surface area contributed by atoms with E-state index in [9.17, 15) is 22.4 Å². The van der Waals surface area contributed by atoms with E-state index in [2.05, 4.69) is 4.74 Å². The second kappa shape index (κ2) is 7.85. The zero-order valence-corrected chi connectivity index (χ0v) is 13.9. The van der Waals surface area contributed by atoms with Gasteiger partial charge in [-0.05, 0) is 12.8 Å². The summed E-state index contributed by atoms with van der Waals surface area (Å²) in [5.41, 5.74) is -0.556. The van der Waals surface area contributed by atoms with Crippen molar-refractivity contribution in [2.45, 2.75) is 37.5 Å². The molecule has 0 aliphatic heterocycles. The summed E-state index contributed by atoms with van der Waals surface area (Å²) in [5, 5.41) is 0. The van der Waals surface area contributed by atoms with Crippen LogP contribution in [-0.2, 0) is 15.5 Å². The summed E-state index contributed by atoms with van der Waals surface area (Å²) in [4.78, 5) is 11.9. The Kier molecular flexibility index (Phi) is 6.03. The maximum Gasteiger partial charge on any atom is 0.309 e. The molecule has 6 heteroatoms. The van der Waals surface area contributed by atoms with E-state index >= 15 is 0 Å². The number of alkyl halides is 4. The van der Waals surface area contributed by atoms with Crippen molar-refractivity contribution in [3.8, 4) is 0 Å². The van der Waals surface area contributed by atoms with Gasteiger partial charge >= 0.3 is 5.97 Å². The molecule has 1 aliphatic rings. The molecule has 0 bridgehead atoms. The quantitative estimate of drug-likeness (QED) is 0.492. The molecule has 1 unspecified atom stereocenters. The van der Waals surface area contributed by atoms with Crippen LogP contribution in [0.1, 0.15) is 31.2 Å². The molecule has 0 radical (unpaired) electrons. The number of carbonyl (C=O) groups is 1. The molecule has 25 heavy (non-hydrogen) atoms. The Morgan fingerprint density at radius 3 is 2.28 bits per heavy atom. The van der Waals surface area contributed by atoms with Crippen LogP contribution in [0.4, 0.5) is 17.6 Å². The van der Waals surface area contributed by atoms with Crippen molar-refractivity contribution in [3.63, 3.8) is 0 Å². The Bertz CT molecular complexity index is 651. The van der Waals surface area contributed by atoms with Gasteiger partial charge in [0.1, 0.15) is 0 Å². The van der Waals surface area contributed by atoms with Crippen molar-refractivity contribution >= 4 is 5.97 Å². The fraction of sp³-hybridized carbons (Fsp3) is 0.421. The van der Waals surface area contributed by atoms with Crippen LogP contribution in [0, 0.1) is 5.92 Å². The molecule has 0 saturated carbocycles. The third-order valence-corrected chi connectivity index (χ3v) is 4.15. The molecule has 0 N–H and O–H groups in total. The highest BCUT2D eigenvalue weighted by atomic mass is 19.3. The highest BCUT2D eigenvalue weighted by molar-refractivity contribution is 5.72. The number of hydrogen-bond donors (Lipinski definition) is 0. The smallest absolute Gasteiger partial charge is 0.309 e. The molecule has 1 atom stereocenters. The number of allylic oxidation sites excluding steroid dienone is 4. The van der Waals surface area contributed by atoms with Crippen molar-refractivity contribution in [2.75, 3.05) is 7.11 Å². The largest absolute Gasteiger partial charge is 0.469 e. The lowest BCUT2D eigenvalue weighted by Gasteiger charge is -2.27. The SMILES string of the molecule is COC(=O)C(CC(F)(F)C1=CCCC=C1)CC(F)(F)c1ccccc1. The number of methoxy groups -OCH3 is 1. The minimum Gasteiger partial charge on any atom is -0.469 e. The van der Waals surface area contributed by atoms with Gasteiger partial charge in [0.15, 0.2) is 0 Å². The first kappa shape index (κ1) is 19.2. The molecule has 136 valence electrons. The predicted octanol–water partition coefficient (Wildman–Crippen LogP) is 5.26. The van der Waals surface area contributed by atoms with Crippen LogP contribution in [0.5, 0.6) is 0 Å². The molecule has 1 aromatic rings. The summed E-state index contributed by atoms with van der Waals surface area (Å²) in [6.07, 6.45) is 3.34. The molecule has 0 aromatic heterocycles. The number of ether oxygens (including phenoxy) is 1. The zero-order valence-electron chi connectivity index (χ0n) is 13.9. The third-order valence-electron chi connectivity index (χ3n) is 4.15. The molecule has 0 saturated heterocycles. The van der Waals surface area contributed by atoms with Crippen LogP contribution in [0.25, 0.3) is 0 Å². The van der Waals surface area contributed by atoms with E-state index in [4.69, 9.17) is 0 Å². The van der Waals surface area contributed by atoms with Gasteiger partial charge in [-0.1, -0.05) is 48.6 Å². The second-order valence-corrected chi connectivity index (χ2v) is 6.04. The number of esters is 1. The van der Waals surface area contributed by atoms with E-state index in [1.807, 2.05) is 0 Å². The molecule has 0 amide bonds. The van der Waals surface area contributed by atoms with Crippen molar-refractivity contribution in [1.82, 2.24) is 0 Å². The van der Waals surface area contributed by atoms with Crippen molar-refractivity contribution < 1.29 is 27.1 Å². The number of benzene rings is 1. The topological polar surface area (TPSA) is 26.3 Å². The van der Waals surface area contributed by atoms with Gasteiger partial charge in [-0.15, -0.1) is 0 Å². The maximum atomic E-state index is 14.5. The Hall–Kier alpha value is -2.11. The van der Waals surface area contributed by atoms with Crippen LogP contribution in [0.3, 0.4) is 0 Å². The van der Waals surface area contributed by atoms with E-state index < -0.39 is 36.6 Å². The second-order valence-electron chi connectivity index (χ2n) is 6.04. The van der Waals surface area contributed by atoms with E-state index in [-0.39, 0.29) is 11.1 Å². The lowest BCUT2D eigenvalue weighted by molar-refractivity contribution is -0.153. The van der Waals surface area contributed by atoms with Crippen molar-refractivity contribution in [1.29, 1.82) is 0 Å². The van der Waals surface area contributed by atoms with Crippen LogP contribution >= 0.6 is 0 Å². The van der Waals surface area contributed by atoms with E-state index in [1.54, 1.807) is 12.1 Å². The van der Waals surface area contributed by atoms with Crippen LogP contribution in [0.15, 0.2) is 54.1 Å². The standard InChI is InChI=1S/C19H20F4O2/c1-25-17(24)14(12-18(20,21)15-8-4-2-5-9-15)13-19(22,23)16-10-6-3-7-11-16/h2,4-6,8-11,14H,3,7,12-13H2,1H3. The molecule has 2 rings (SSSR count). The van der Waals surface area contributed by atoms with Crippen molar-refractivity contribution in [3.05, 3.63) is 59.7 Å². The third kappa shape index (κ3) is 4.94. The minimum atomic E-state index is -3.41. The fourth-order valence-corrected chi connectivity index (χ4v) is 2.83. The van der Waals surface area contributed by atoms with Crippen LogP contribution in [-0.4, -0.2) is 19.0 Å². The lowest BCUT2D eigenvalue weighted by atomic mass is 9.87. The summed E-state index contributed by atoms with van der Waals surface area (Å²) in [6.45, 7) is 0. The Morgan fingerprint density at radius 1 is 1.08 bits per heavy atom. The first-order valence-corrected chi connectivity index (χ1v) is 8.02. The number of hydrogen-bond acceptors (Lipinski definition) is 2. The molecule has 0 heterocycles. The molecule has 1 aromatic carbocycles. The molecular formula is C19H20F4O2. The van der Waals surface area contributed by atoms with Crippen LogP contribution < -0.4 is 0 Å². The molecule has 1 aliphatic carbocycles. The van der Waals surface area contributed by atoms with Crippen molar-refractivity contribution in [2.24, 2.45) is 5.92 Å². The summed E-state index contributed by atoms with van der Waals surface area (Å²) in [6, 6.07) is 6.86. The summed E-state index contributed by atoms with van der Waals surface area (Å²) >= 11 is 0. The molecule has 0 spiro atoms.